The summed E-state index contributed by atoms with van der Waals surface area (Å²) in [5, 5.41) is 20.6. The van der Waals surface area contributed by atoms with Crippen LogP contribution in [0.2, 0.25) is 0 Å². The molecule has 1 rings (SSSR count). The van der Waals surface area contributed by atoms with Gasteiger partial charge >= 0.3 is 0 Å². The summed E-state index contributed by atoms with van der Waals surface area (Å²) >= 11 is 0. The summed E-state index contributed by atoms with van der Waals surface area (Å²) in [6.45, 7) is 5.69. The second kappa shape index (κ2) is 8.28. The number of hydrogen-bond donors (Lipinski definition) is 2. The highest BCUT2D eigenvalue weighted by atomic mass is 16.5. The van der Waals surface area contributed by atoms with E-state index in [0.717, 1.165) is 0 Å². The number of nitriles is 1. The fourth-order valence-electron chi connectivity index (χ4n) is 1.88. The van der Waals surface area contributed by atoms with E-state index in [0.29, 0.717) is 17.7 Å². The molecule has 0 bridgehead atoms. The van der Waals surface area contributed by atoms with Gasteiger partial charge in [-0.3, -0.25) is 4.79 Å². The Morgan fingerprint density at radius 3 is 2.43 bits per heavy atom. The van der Waals surface area contributed by atoms with Crippen LogP contribution in [0.4, 0.5) is 0 Å². The molecule has 0 fully saturated rings. The van der Waals surface area contributed by atoms with Crippen molar-refractivity contribution in [3.63, 3.8) is 0 Å². The molecule has 1 aromatic rings. The predicted molar refractivity (Wildman–Crippen MR) is 79.7 cm³/mol. The van der Waals surface area contributed by atoms with Gasteiger partial charge in [0.2, 0.25) is 0 Å². The molecule has 1 aromatic carbocycles. The van der Waals surface area contributed by atoms with Crippen LogP contribution in [0.15, 0.2) is 24.3 Å². The summed E-state index contributed by atoms with van der Waals surface area (Å²) in [4.78, 5) is 12.1. The summed E-state index contributed by atoms with van der Waals surface area (Å²) in [6, 6.07) is 8.56. The summed E-state index contributed by atoms with van der Waals surface area (Å²) in [5.41, 5.74) is 0.544. The molecule has 114 valence electrons. The van der Waals surface area contributed by atoms with Crippen LogP contribution >= 0.6 is 0 Å². The topological polar surface area (TPSA) is 82.3 Å². The molecule has 1 amide bonds. The van der Waals surface area contributed by atoms with Gasteiger partial charge in [-0.25, -0.2) is 0 Å². The maximum atomic E-state index is 12.1. The summed E-state index contributed by atoms with van der Waals surface area (Å²) in [6.07, 6.45) is -0.120. The molecule has 0 aliphatic carbocycles. The molecule has 2 atom stereocenters. The zero-order chi connectivity index (χ0) is 15.8. The van der Waals surface area contributed by atoms with Crippen molar-refractivity contribution in [3.8, 4) is 11.8 Å². The lowest BCUT2D eigenvalue weighted by Crippen LogP contribution is -2.45. The highest BCUT2D eigenvalue weighted by molar-refractivity contribution is 5.81. The predicted octanol–water partition coefficient (Wildman–Crippen LogP) is 1.85. The minimum atomic E-state index is -0.641. The number of hydrogen-bond acceptors (Lipinski definition) is 4. The van der Waals surface area contributed by atoms with Crippen molar-refractivity contribution in [3.05, 3.63) is 29.8 Å². The second-order valence-corrected chi connectivity index (χ2v) is 5.27. The third-order valence-electron chi connectivity index (χ3n) is 3.24. The van der Waals surface area contributed by atoms with Gasteiger partial charge in [0.25, 0.3) is 5.91 Å². The van der Waals surface area contributed by atoms with E-state index in [1.165, 1.54) is 0 Å². The van der Waals surface area contributed by atoms with Gasteiger partial charge in [0.15, 0.2) is 6.10 Å². The lowest BCUT2D eigenvalue weighted by Gasteiger charge is -2.24. The SMILES string of the molecule is CC(Oc1ccc(C#N)cc1)C(=O)NC(CCO)C(C)C. The van der Waals surface area contributed by atoms with Crippen molar-refractivity contribution in [2.24, 2.45) is 5.92 Å². The Balaban J connectivity index is 2.59. The van der Waals surface area contributed by atoms with Gasteiger partial charge in [-0.2, -0.15) is 5.26 Å². The fraction of sp³-hybridized carbons (Fsp3) is 0.500. The molecule has 0 heterocycles. The zero-order valence-corrected chi connectivity index (χ0v) is 12.7. The highest BCUT2D eigenvalue weighted by Gasteiger charge is 2.20. The maximum Gasteiger partial charge on any atom is 0.261 e. The second-order valence-electron chi connectivity index (χ2n) is 5.27. The minimum absolute atomic E-state index is 0.0357. The van der Waals surface area contributed by atoms with Gasteiger partial charge < -0.3 is 15.2 Å². The molecule has 0 aliphatic heterocycles. The number of carbonyl (C=O) groups excluding carboxylic acids is 1. The molecule has 5 heteroatoms. The van der Waals surface area contributed by atoms with Gasteiger partial charge in [0.1, 0.15) is 5.75 Å². The molecule has 0 saturated heterocycles. The Labute approximate surface area is 125 Å². The Morgan fingerprint density at radius 2 is 1.95 bits per heavy atom. The fourth-order valence-corrected chi connectivity index (χ4v) is 1.88. The van der Waals surface area contributed by atoms with Crippen LogP contribution in [0.25, 0.3) is 0 Å². The Bertz CT molecular complexity index is 491. The highest BCUT2D eigenvalue weighted by Crippen LogP contribution is 2.14. The first kappa shape index (κ1) is 17.0. The quantitative estimate of drug-likeness (QED) is 0.803. The van der Waals surface area contributed by atoms with Crippen LogP contribution < -0.4 is 10.1 Å². The van der Waals surface area contributed by atoms with E-state index in [1.807, 2.05) is 19.9 Å². The number of carbonyl (C=O) groups is 1. The van der Waals surface area contributed by atoms with Gasteiger partial charge in [-0.15, -0.1) is 0 Å². The monoisotopic (exact) mass is 290 g/mol. The first-order valence-electron chi connectivity index (χ1n) is 7.06. The number of nitrogens with one attached hydrogen (secondary N) is 1. The number of rotatable bonds is 7. The van der Waals surface area contributed by atoms with Gasteiger partial charge in [-0.05, 0) is 43.5 Å². The third-order valence-corrected chi connectivity index (χ3v) is 3.24. The average molecular weight is 290 g/mol. The van der Waals surface area contributed by atoms with Gasteiger partial charge in [0.05, 0.1) is 11.6 Å². The van der Waals surface area contributed by atoms with Crippen LogP contribution in [0, 0.1) is 17.2 Å². The number of aliphatic hydroxyl groups is 1. The van der Waals surface area contributed by atoms with E-state index >= 15 is 0 Å². The molecule has 2 unspecified atom stereocenters. The Morgan fingerprint density at radius 1 is 1.33 bits per heavy atom. The first-order chi connectivity index (χ1) is 9.97. The van der Waals surface area contributed by atoms with Crippen LogP contribution in [0.3, 0.4) is 0 Å². The molecule has 0 spiro atoms. The largest absolute Gasteiger partial charge is 0.481 e. The third kappa shape index (κ3) is 5.44. The molecule has 2 N–H and O–H groups in total. The summed E-state index contributed by atoms with van der Waals surface area (Å²) < 4.78 is 5.55. The van der Waals surface area contributed by atoms with Crippen LogP contribution in [0.5, 0.6) is 5.75 Å². The van der Waals surface area contributed by atoms with E-state index in [1.54, 1.807) is 31.2 Å². The van der Waals surface area contributed by atoms with Crippen LogP contribution in [-0.2, 0) is 4.79 Å². The molecular formula is C16H22N2O3. The lowest BCUT2D eigenvalue weighted by atomic mass is 10.0. The minimum Gasteiger partial charge on any atom is -0.481 e. The van der Waals surface area contributed by atoms with Crippen molar-refractivity contribution in [2.45, 2.75) is 39.3 Å². The van der Waals surface area contributed by atoms with E-state index < -0.39 is 6.10 Å². The molecule has 0 saturated carbocycles. The first-order valence-corrected chi connectivity index (χ1v) is 7.06. The van der Waals surface area contributed by atoms with Crippen LogP contribution in [0.1, 0.15) is 32.8 Å². The van der Waals surface area contributed by atoms with Crippen LogP contribution in [-0.4, -0.2) is 29.8 Å². The van der Waals surface area contributed by atoms with E-state index in [4.69, 9.17) is 15.1 Å². The summed E-state index contributed by atoms with van der Waals surface area (Å²) in [7, 11) is 0. The lowest BCUT2D eigenvalue weighted by molar-refractivity contribution is -0.128. The summed E-state index contributed by atoms with van der Waals surface area (Å²) in [5.74, 6) is 0.564. The van der Waals surface area contributed by atoms with Gasteiger partial charge in [-0.1, -0.05) is 13.8 Å². The Hall–Kier alpha value is -2.06. The normalized spacial score (nSPS) is 13.3. The maximum absolute atomic E-state index is 12.1. The molecule has 5 nitrogen and oxygen atoms in total. The van der Waals surface area contributed by atoms with Gasteiger partial charge in [0, 0.05) is 12.6 Å². The molecule has 0 aromatic heterocycles. The smallest absolute Gasteiger partial charge is 0.261 e. The van der Waals surface area contributed by atoms with Crippen molar-refractivity contribution in [1.29, 1.82) is 5.26 Å². The average Bonchev–Trinajstić information content (AvgIpc) is 2.47. The van der Waals surface area contributed by atoms with Crippen molar-refractivity contribution < 1.29 is 14.6 Å². The van der Waals surface area contributed by atoms with E-state index in [2.05, 4.69) is 5.32 Å². The number of amides is 1. The standard InChI is InChI=1S/C16H22N2O3/c1-11(2)15(8-9-19)18-16(20)12(3)21-14-6-4-13(10-17)5-7-14/h4-7,11-12,15,19H,8-9H2,1-3H3,(H,18,20). The molecular weight excluding hydrogens is 268 g/mol. The number of ether oxygens (including phenoxy) is 1. The van der Waals surface area contributed by atoms with E-state index in [-0.39, 0.29) is 24.5 Å². The van der Waals surface area contributed by atoms with Crippen molar-refractivity contribution >= 4 is 5.91 Å². The molecule has 21 heavy (non-hydrogen) atoms. The number of nitrogens with zero attached hydrogens (tertiary/aromatic N) is 1. The number of benzene rings is 1. The van der Waals surface area contributed by atoms with Crippen molar-refractivity contribution in [1.82, 2.24) is 5.32 Å². The molecule has 0 radical (unpaired) electrons. The van der Waals surface area contributed by atoms with E-state index in [9.17, 15) is 4.79 Å². The Kier molecular flexibility index (Phi) is 6.70. The number of aliphatic hydroxyl groups excluding tert-OH is 1. The molecule has 0 aliphatic rings. The van der Waals surface area contributed by atoms with Crippen molar-refractivity contribution in [2.75, 3.05) is 6.61 Å². The zero-order valence-electron chi connectivity index (χ0n) is 12.7.